The average molecular weight is 336 g/mol. The monoisotopic (exact) mass is 336 g/mol. The number of allylic oxidation sites excluding steroid dienone is 2. The summed E-state index contributed by atoms with van der Waals surface area (Å²) in [5.74, 6) is 0.667. The first-order chi connectivity index (χ1) is 11.7. The second kappa shape index (κ2) is 9.00. The lowest BCUT2D eigenvalue weighted by Crippen LogP contribution is -2.35. The predicted octanol–water partition coefficient (Wildman–Crippen LogP) is 4.33. The molecule has 3 fully saturated rings. The first-order valence-electron chi connectivity index (χ1n) is 9.88. The van der Waals surface area contributed by atoms with E-state index in [1.165, 1.54) is 38.5 Å². The van der Waals surface area contributed by atoms with Crippen molar-refractivity contribution in [2.24, 2.45) is 11.8 Å². The molecule has 4 nitrogen and oxygen atoms in total. The minimum Gasteiger partial charge on any atom is -0.481 e. The number of fused-ring (bicyclic) bond motifs is 2. The number of carboxylic acids is 1. The van der Waals surface area contributed by atoms with Gasteiger partial charge in [-0.2, -0.15) is 0 Å². The van der Waals surface area contributed by atoms with E-state index in [9.17, 15) is 4.79 Å². The molecular weight excluding hydrogens is 304 g/mol. The van der Waals surface area contributed by atoms with Gasteiger partial charge in [0.2, 0.25) is 0 Å². The summed E-state index contributed by atoms with van der Waals surface area (Å²) in [6.45, 7) is 0.890. The minimum atomic E-state index is -0.708. The Labute approximate surface area is 145 Å². The fraction of sp³-hybridized carbons (Fsp3) is 0.850. The van der Waals surface area contributed by atoms with Crippen molar-refractivity contribution in [3.05, 3.63) is 12.2 Å². The number of unbranched alkanes of at least 4 members (excludes halogenated alkanes) is 1. The summed E-state index contributed by atoms with van der Waals surface area (Å²) in [7, 11) is 0. The van der Waals surface area contributed by atoms with Crippen LogP contribution in [0.1, 0.15) is 70.6 Å². The van der Waals surface area contributed by atoms with Crippen LogP contribution in [0, 0.1) is 11.8 Å². The third-order valence-electron chi connectivity index (χ3n) is 6.00. The molecule has 0 aromatic rings. The van der Waals surface area contributed by atoms with Crippen LogP contribution >= 0.6 is 0 Å². The molecule has 2 bridgehead atoms. The van der Waals surface area contributed by atoms with Crippen LogP contribution in [0.2, 0.25) is 0 Å². The van der Waals surface area contributed by atoms with Gasteiger partial charge in [0.25, 0.3) is 0 Å². The summed E-state index contributed by atoms with van der Waals surface area (Å²) in [5.41, 5.74) is 0. The molecule has 3 aliphatic rings. The van der Waals surface area contributed by atoms with Crippen LogP contribution in [0.15, 0.2) is 12.2 Å². The van der Waals surface area contributed by atoms with Crippen molar-refractivity contribution in [1.82, 2.24) is 0 Å². The van der Waals surface area contributed by atoms with Gasteiger partial charge in [-0.25, -0.2) is 0 Å². The Morgan fingerprint density at radius 1 is 1.12 bits per heavy atom. The molecule has 1 saturated carbocycles. The smallest absolute Gasteiger partial charge is 0.303 e. The second-order valence-corrected chi connectivity index (χ2v) is 7.72. The SMILES string of the molecule is O=C(O)CCCC=CC[C@@H]1[C@H](OCCC2CCCC2)[C@@H]2CC[C@H]1O2. The molecule has 0 radical (unpaired) electrons. The first-order valence-corrected chi connectivity index (χ1v) is 9.88. The van der Waals surface area contributed by atoms with E-state index >= 15 is 0 Å². The third-order valence-corrected chi connectivity index (χ3v) is 6.00. The fourth-order valence-electron chi connectivity index (χ4n) is 4.66. The van der Waals surface area contributed by atoms with E-state index in [0.717, 1.165) is 38.2 Å². The zero-order valence-corrected chi connectivity index (χ0v) is 14.7. The molecule has 2 aliphatic heterocycles. The summed E-state index contributed by atoms with van der Waals surface area (Å²) in [6, 6.07) is 0. The van der Waals surface area contributed by atoms with E-state index in [-0.39, 0.29) is 12.5 Å². The van der Waals surface area contributed by atoms with E-state index < -0.39 is 5.97 Å². The molecular formula is C20H32O4. The first kappa shape index (κ1) is 17.9. The van der Waals surface area contributed by atoms with Crippen molar-refractivity contribution in [3.8, 4) is 0 Å². The number of hydrogen-bond donors (Lipinski definition) is 1. The van der Waals surface area contributed by atoms with Crippen molar-refractivity contribution in [1.29, 1.82) is 0 Å². The highest BCUT2D eigenvalue weighted by Crippen LogP contribution is 2.43. The highest BCUT2D eigenvalue weighted by atomic mass is 16.6. The number of carboxylic acid groups (broad SMARTS) is 1. The Bertz CT molecular complexity index is 427. The zero-order chi connectivity index (χ0) is 16.8. The number of ether oxygens (including phenoxy) is 2. The molecule has 4 atom stereocenters. The van der Waals surface area contributed by atoms with E-state index in [0.29, 0.717) is 18.1 Å². The van der Waals surface area contributed by atoms with Gasteiger partial charge < -0.3 is 14.6 Å². The van der Waals surface area contributed by atoms with E-state index in [1.54, 1.807) is 0 Å². The van der Waals surface area contributed by atoms with Crippen molar-refractivity contribution in [2.45, 2.75) is 88.9 Å². The lowest BCUT2D eigenvalue weighted by Gasteiger charge is -2.27. The van der Waals surface area contributed by atoms with Gasteiger partial charge >= 0.3 is 5.97 Å². The van der Waals surface area contributed by atoms with Crippen LogP contribution in [0.5, 0.6) is 0 Å². The average Bonchev–Trinajstić information content (AvgIpc) is 3.28. The largest absolute Gasteiger partial charge is 0.481 e. The van der Waals surface area contributed by atoms with Crippen molar-refractivity contribution in [2.75, 3.05) is 6.61 Å². The van der Waals surface area contributed by atoms with E-state index in [4.69, 9.17) is 14.6 Å². The van der Waals surface area contributed by atoms with Gasteiger partial charge in [0.15, 0.2) is 0 Å². The molecule has 3 rings (SSSR count). The summed E-state index contributed by atoms with van der Waals surface area (Å²) in [4.78, 5) is 10.5. The third kappa shape index (κ3) is 4.82. The van der Waals surface area contributed by atoms with Gasteiger partial charge in [0.1, 0.15) is 0 Å². The highest BCUT2D eigenvalue weighted by molar-refractivity contribution is 5.66. The topological polar surface area (TPSA) is 55.8 Å². The van der Waals surface area contributed by atoms with Crippen LogP contribution in [-0.4, -0.2) is 36.0 Å². The van der Waals surface area contributed by atoms with Crippen molar-refractivity contribution >= 4 is 5.97 Å². The zero-order valence-electron chi connectivity index (χ0n) is 14.7. The minimum absolute atomic E-state index is 0.258. The van der Waals surface area contributed by atoms with Gasteiger partial charge in [0.05, 0.1) is 18.3 Å². The van der Waals surface area contributed by atoms with Gasteiger partial charge in [-0.05, 0) is 44.4 Å². The van der Waals surface area contributed by atoms with Crippen LogP contribution in [-0.2, 0) is 14.3 Å². The quantitative estimate of drug-likeness (QED) is 0.476. The normalized spacial score (nSPS) is 33.0. The number of hydrogen-bond acceptors (Lipinski definition) is 3. The lowest BCUT2D eigenvalue weighted by molar-refractivity contribution is -0.137. The number of rotatable bonds is 10. The van der Waals surface area contributed by atoms with E-state index in [2.05, 4.69) is 12.2 Å². The van der Waals surface area contributed by atoms with Gasteiger partial charge in [0, 0.05) is 18.9 Å². The molecule has 136 valence electrons. The van der Waals surface area contributed by atoms with Gasteiger partial charge in [-0.1, -0.05) is 37.8 Å². The Balaban J connectivity index is 1.39. The summed E-state index contributed by atoms with van der Waals surface area (Å²) in [6.07, 6.45) is 17.2. The standard InChI is InChI=1S/C20H32O4/c21-19(22)10-4-2-1-3-9-16-17-11-12-18(24-17)20(16)23-14-13-15-7-5-6-8-15/h1,3,15-18,20H,2,4-14H2,(H,21,22)/t16-,17+,18-,20-/m0/s1. The van der Waals surface area contributed by atoms with Crippen molar-refractivity contribution in [3.63, 3.8) is 0 Å². The molecule has 1 N–H and O–H groups in total. The molecule has 0 aromatic heterocycles. The highest BCUT2D eigenvalue weighted by Gasteiger charge is 2.48. The Morgan fingerprint density at radius 3 is 2.71 bits per heavy atom. The molecule has 0 amide bonds. The number of carbonyl (C=O) groups is 1. The second-order valence-electron chi connectivity index (χ2n) is 7.72. The molecule has 24 heavy (non-hydrogen) atoms. The maximum atomic E-state index is 10.5. The number of aliphatic carboxylic acids is 1. The van der Waals surface area contributed by atoms with Crippen molar-refractivity contribution < 1.29 is 19.4 Å². The predicted molar refractivity (Wildman–Crippen MR) is 92.9 cm³/mol. The van der Waals surface area contributed by atoms with Crippen LogP contribution in [0.4, 0.5) is 0 Å². The molecule has 1 aliphatic carbocycles. The summed E-state index contributed by atoms with van der Waals surface area (Å²) in [5, 5.41) is 8.65. The molecule has 2 heterocycles. The molecule has 0 aromatic carbocycles. The Hall–Kier alpha value is -0.870. The maximum Gasteiger partial charge on any atom is 0.303 e. The summed E-state index contributed by atoms with van der Waals surface area (Å²) < 4.78 is 12.4. The lowest BCUT2D eigenvalue weighted by atomic mass is 9.84. The fourth-order valence-corrected chi connectivity index (χ4v) is 4.66. The molecule has 0 spiro atoms. The van der Waals surface area contributed by atoms with Gasteiger partial charge in [-0.15, -0.1) is 0 Å². The molecule has 4 heteroatoms. The van der Waals surface area contributed by atoms with Crippen LogP contribution < -0.4 is 0 Å². The van der Waals surface area contributed by atoms with Gasteiger partial charge in [-0.3, -0.25) is 4.79 Å². The summed E-state index contributed by atoms with van der Waals surface area (Å²) >= 11 is 0. The van der Waals surface area contributed by atoms with Crippen LogP contribution in [0.3, 0.4) is 0 Å². The van der Waals surface area contributed by atoms with Crippen LogP contribution in [0.25, 0.3) is 0 Å². The molecule has 2 saturated heterocycles. The Kier molecular flexibility index (Phi) is 6.73. The molecule has 0 unspecified atom stereocenters. The van der Waals surface area contributed by atoms with E-state index in [1.807, 2.05) is 0 Å². The maximum absolute atomic E-state index is 10.5. The Morgan fingerprint density at radius 2 is 1.92 bits per heavy atom.